The Balaban J connectivity index is 0. The monoisotopic (exact) mass is 147 g/mol. The van der Waals surface area contributed by atoms with Gasteiger partial charge in [-0.15, -0.1) is 0 Å². The Morgan fingerprint density at radius 1 is 1.50 bits per heavy atom. The van der Waals surface area contributed by atoms with Gasteiger partial charge in [0, 0.05) is 5.69 Å². The van der Waals surface area contributed by atoms with Gasteiger partial charge in [-0.1, -0.05) is 0 Å². The minimum absolute atomic E-state index is 0. The largest absolute Gasteiger partial charge is 1.00 e. The summed E-state index contributed by atoms with van der Waals surface area (Å²) in [5.41, 5.74) is 1.01. The predicted molar refractivity (Wildman–Crippen MR) is 36.6 cm³/mol. The maximum absolute atomic E-state index is 4.91. The summed E-state index contributed by atoms with van der Waals surface area (Å²) in [6.45, 7) is 1.94. The summed E-state index contributed by atoms with van der Waals surface area (Å²) in [6.07, 6.45) is 1.70. The molecular weight excluding hydrogens is 137 g/mol. The predicted octanol–water partition coefficient (Wildman–Crippen LogP) is -1.48. The fourth-order valence-corrected chi connectivity index (χ4v) is 0.575. The maximum Gasteiger partial charge on any atom is 1.00 e. The number of rotatable bonds is 1. The molecule has 2 nitrogen and oxygen atoms in total. The average molecular weight is 147 g/mol. The zero-order valence-electron chi connectivity index (χ0n) is 7.59. The molecule has 1 aromatic rings. The summed E-state index contributed by atoms with van der Waals surface area (Å²) >= 11 is 0. The van der Waals surface area contributed by atoms with Crippen molar-refractivity contribution >= 4 is 0 Å². The molecule has 0 saturated carbocycles. The van der Waals surface area contributed by atoms with Gasteiger partial charge in [0.1, 0.15) is 5.75 Å². The van der Waals surface area contributed by atoms with Gasteiger partial charge in [0.15, 0.2) is 0 Å². The summed E-state index contributed by atoms with van der Waals surface area (Å²) in [7, 11) is 1.63. The molecule has 1 heterocycles. The van der Waals surface area contributed by atoms with E-state index in [9.17, 15) is 0 Å². The first-order valence-electron chi connectivity index (χ1n) is 2.79. The second-order valence-corrected chi connectivity index (χ2v) is 1.84. The van der Waals surface area contributed by atoms with Crippen LogP contribution in [0.15, 0.2) is 18.3 Å². The topological polar surface area (TPSA) is 22.1 Å². The second kappa shape index (κ2) is 4.72. The van der Waals surface area contributed by atoms with Gasteiger partial charge in [0.05, 0.1) is 13.3 Å². The molecule has 10 heavy (non-hydrogen) atoms. The van der Waals surface area contributed by atoms with Crippen LogP contribution in [0.4, 0.5) is 0 Å². The Kier molecular flexibility index (Phi) is 4.69. The van der Waals surface area contributed by atoms with Crippen molar-refractivity contribution in [1.82, 2.24) is 4.98 Å². The van der Waals surface area contributed by atoms with Crippen LogP contribution in [0.1, 0.15) is 7.12 Å². The molecule has 0 fully saturated rings. The Morgan fingerprint density at radius 2 is 2.20 bits per heavy atom. The maximum atomic E-state index is 4.91. The van der Waals surface area contributed by atoms with Crippen molar-refractivity contribution in [3.63, 3.8) is 0 Å². The third-order valence-corrected chi connectivity index (χ3v) is 1.12. The Hall–Kier alpha value is -0.0500. The second-order valence-electron chi connectivity index (χ2n) is 1.84. The molecule has 0 spiro atoms. The molecule has 3 heteroatoms. The van der Waals surface area contributed by atoms with Gasteiger partial charge in [0.25, 0.3) is 0 Å². The van der Waals surface area contributed by atoms with E-state index in [2.05, 4.69) is 4.98 Å². The van der Waals surface area contributed by atoms with E-state index in [4.69, 9.17) is 4.74 Å². The van der Waals surface area contributed by atoms with E-state index in [-0.39, 0.29) is 31.0 Å². The van der Waals surface area contributed by atoms with Crippen LogP contribution in [0.2, 0.25) is 0 Å². The van der Waals surface area contributed by atoms with Gasteiger partial charge in [0.2, 0.25) is 0 Å². The first kappa shape index (κ1) is 9.95. The molecule has 0 atom stereocenters. The zero-order valence-corrected chi connectivity index (χ0v) is 8.59. The van der Waals surface area contributed by atoms with Gasteiger partial charge < -0.3 is 6.16 Å². The van der Waals surface area contributed by atoms with E-state index < -0.39 is 0 Å². The standard InChI is InChI=1S/C7H9NO.Na.H/c1-6-3-4-7(9-2)5-8-6;;/h3-5H,1-2H3;;/q;+1;-1. The Morgan fingerprint density at radius 3 is 2.60 bits per heavy atom. The van der Waals surface area contributed by atoms with E-state index in [0.29, 0.717) is 0 Å². The minimum atomic E-state index is 0. The summed E-state index contributed by atoms with van der Waals surface area (Å²) in [5, 5.41) is 0. The van der Waals surface area contributed by atoms with E-state index in [1.54, 1.807) is 13.3 Å². The normalized spacial score (nSPS) is 8.20. The molecule has 0 N–H and O–H groups in total. The fourth-order valence-electron chi connectivity index (χ4n) is 0.575. The third kappa shape index (κ3) is 2.69. The molecule has 0 aliphatic heterocycles. The van der Waals surface area contributed by atoms with Crippen molar-refractivity contribution in [1.29, 1.82) is 0 Å². The first-order chi connectivity index (χ1) is 4.33. The van der Waals surface area contributed by atoms with Crippen molar-refractivity contribution in [3.8, 4) is 5.75 Å². The summed E-state index contributed by atoms with van der Waals surface area (Å²) in [4.78, 5) is 4.02. The summed E-state index contributed by atoms with van der Waals surface area (Å²) in [6, 6.07) is 3.81. The molecule has 0 saturated heterocycles. The van der Waals surface area contributed by atoms with Crippen LogP contribution in [0.5, 0.6) is 5.75 Å². The number of pyridine rings is 1. The van der Waals surface area contributed by atoms with Gasteiger partial charge in [-0.2, -0.15) is 0 Å². The SMILES string of the molecule is COc1ccc(C)nc1.[H-].[Na+]. The molecule has 0 aromatic carbocycles. The van der Waals surface area contributed by atoms with Crippen LogP contribution in [-0.2, 0) is 0 Å². The van der Waals surface area contributed by atoms with E-state index in [1.807, 2.05) is 19.1 Å². The van der Waals surface area contributed by atoms with E-state index in [0.717, 1.165) is 11.4 Å². The molecule has 0 radical (unpaired) electrons. The van der Waals surface area contributed by atoms with Crippen molar-refractivity contribution < 1.29 is 35.7 Å². The number of aryl methyl sites for hydroxylation is 1. The molecule has 0 aliphatic rings. The minimum Gasteiger partial charge on any atom is -1.00 e. The van der Waals surface area contributed by atoms with Gasteiger partial charge in [-0.05, 0) is 19.1 Å². The van der Waals surface area contributed by atoms with Crippen molar-refractivity contribution in [2.45, 2.75) is 6.92 Å². The molecule has 0 unspecified atom stereocenters. The van der Waals surface area contributed by atoms with Crippen LogP contribution < -0.4 is 34.3 Å². The molecule has 1 rings (SSSR count). The third-order valence-electron chi connectivity index (χ3n) is 1.12. The number of hydrogen-bond acceptors (Lipinski definition) is 2. The molecule has 0 aliphatic carbocycles. The number of ether oxygens (including phenoxy) is 1. The molecule has 50 valence electrons. The van der Waals surface area contributed by atoms with Gasteiger partial charge in [-0.3, -0.25) is 4.98 Å². The van der Waals surface area contributed by atoms with Crippen molar-refractivity contribution in [2.24, 2.45) is 0 Å². The molecular formula is C7H10NNaO. The van der Waals surface area contributed by atoms with Crippen molar-refractivity contribution in [3.05, 3.63) is 24.0 Å². The van der Waals surface area contributed by atoms with Crippen LogP contribution in [0, 0.1) is 6.92 Å². The molecule has 1 aromatic heterocycles. The van der Waals surface area contributed by atoms with Crippen LogP contribution in [0.25, 0.3) is 0 Å². The number of methoxy groups -OCH3 is 1. The van der Waals surface area contributed by atoms with Crippen LogP contribution >= 0.6 is 0 Å². The molecule has 0 bridgehead atoms. The zero-order chi connectivity index (χ0) is 6.69. The first-order valence-corrected chi connectivity index (χ1v) is 2.79. The average Bonchev–Trinajstić information content (AvgIpc) is 1.90. The van der Waals surface area contributed by atoms with Crippen LogP contribution in [-0.4, -0.2) is 12.1 Å². The smallest absolute Gasteiger partial charge is 1.00 e. The summed E-state index contributed by atoms with van der Waals surface area (Å²) in [5.74, 6) is 0.806. The van der Waals surface area contributed by atoms with Crippen LogP contribution in [0.3, 0.4) is 0 Å². The quantitative estimate of drug-likeness (QED) is 0.452. The number of nitrogens with zero attached hydrogens (tertiary/aromatic N) is 1. The van der Waals surface area contributed by atoms with Gasteiger partial charge >= 0.3 is 29.6 Å². The number of aromatic nitrogens is 1. The van der Waals surface area contributed by atoms with E-state index in [1.165, 1.54) is 0 Å². The number of hydrogen-bond donors (Lipinski definition) is 0. The Bertz CT molecular complexity index is 190. The Labute approximate surface area is 84.4 Å². The van der Waals surface area contributed by atoms with E-state index >= 15 is 0 Å². The van der Waals surface area contributed by atoms with Gasteiger partial charge in [-0.25, -0.2) is 0 Å². The van der Waals surface area contributed by atoms with Crippen molar-refractivity contribution in [2.75, 3.05) is 7.11 Å². The summed E-state index contributed by atoms with van der Waals surface area (Å²) < 4.78 is 4.91. The fraction of sp³-hybridized carbons (Fsp3) is 0.286. The molecule has 0 amide bonds.